The van der Waals surface area contributed by atoms with Crippen LogP contribution in [0.5, 0.6) is 0 Å². The molecule has 88 valence electrons. The quantitative estimate of drug-likeness (QED) is 0.611. The van der Waals surface area contributed by atoms with Crippen LogP contribution in [0, 0.1) is 5.41 Å². The van der Waals surface area contributed by atoms with Gasteiger partial charge in [-0.25, -0.2) is 0 Å². The minimum atomic E-state index is -0.0534. The summed E-state index contributed by atoms with van der Waals surface area (Å²) in [5, 5.41) is 0. The normalized spacial score (nSPS) is 14.9. The van der Waals surface area contributed by atoms with E-state index in [-0.39, 0.29) is 11.5 Å². The fraction of sp³-hybridized carbons (Fsp3) is 0.500. The highest BCUT2D eigenvalue weighted by Crippen LogP contribution is 2.23. The number of benzene rings is 1. The van der Waals surface area contributed by atoms with Crippen molar-refractivity contribution in [1.29, 1.82) is 0 Å². The van der Waals surface area contributed by atoms with Crippen molar-refractivity contribution in [3.8, 4) is 0 Å². The number of aliphatic imine (C=N–C) groups is 1. The van der Waals surface area contributed by atoms with Crippen LogP contribution in [0.25, 0.3) is 0 Å². The Labute approximate surface area is 98.6 Å². The van der Waals surface area contributed by atoms with E-state index in [1.54, 1.807) is 0 Å². The first kappa shape index (κ1) is 12.8. The van der Waals surface area contributed by atoms with Crippen LogP contribution < -0.4 is 5.73 Å². The second-order valence-corrected chi connectivity index (χ2v) is 5.10. The number of hydrogen-bond acceptors (Lipinski definition) is 1. The van der Waals surface area contributed by atoms with E-state index >= 15 is 0 Å². The maximum Gasteiger partial charge on any atom is 0.0998 e. The number of nitrogens with zero attached hydrogens (tertiary/aromatic N) is 1. The molecule has 0 radical (unpaired) electrons. The van der Waals surface area contributed by atoms with Gasteiger partial charge in [0, 0.05) is 5.41 Å². The third-order valence-corrected chi connectivity index (χ3v) is 2.63. The number of nitrogens with two attached hydrogens (primary N) is 1. The maximum absolute atomic E-state index is 6.01. The van der Waals surface area contributed by atoms with E-state index in [4.69, 9.17) is 5.73 Å². The van der Waals surface area contributed by atoms with Crippen LogP contribution in [0.15, 0.2) is 35.3 Å². The zero-order valence-corrected chi connectivity index (χ0v) is 10.7. The molecule has 16 heavy (non-hydrogen) atoms. The van der Waals surface area contributed by atoms with Gasteiger partial charge in [0.15, 0.2) is 0 Å². The van der Waals surface area contributed by atoms with Gasteiger partial charge >= 0.3 is 0 Å². The molecule has 1 rings (SSSR count). The van der Waals surface area contributed by atoms with Crippen LogP contribution in [0.2, 0.25) is 0 Å². The van der Waals surface area contributed by atoms with E-state index < -0.39 is 0 Å². The highest BCUT2D eigenvalue weighted by Gasteiger charge is 2.17. The Balaban J connectivity index is 2.93. The van der Waals surface area contributed by atoms with Crippen molar-refractivity contribution in [2.75, 3.05) is 0 Å². The standard InChI is InChI=1S/C14H22N2/c1-5-12(11-9-7-6-8-10-11)16-13(15)14(2,3)4/h6-10,12H,5H2,1-4H3,(H2,15,16). The summed E-state index contributed by atoms with van der Waals surface area (Å²) in [4.78, 5) is 4.63. The Morgan fingerprint density at radius 3 is 2.25 bits per heavy atom. The summed E-state index contributed by atoms with van der Waals surface area (Å²) in [6.07, 6.45) is 0.973. The molecule has 1 aromatic rings. The van der Waals surface area contributed by atoms with Crippen molar-refractivity contribution >= 4 is 5.84 Å². The van der Waals surface area contributed by atoms with Gasteiger partial charge in [0.2, 0.25) is 0 Å². The minimum Gasteiger partial charge on any atom is -0.387 e. The van der Waals surface area contributed by atoms with Gasteiger partial charge in [-0.15, -0.1) is 0 Å². The van der Waals surface area contributed by atoms with Crippen LogP contribution >= 0.6 is 0 Å². The van der Waals surface area contributed by atoms with Gasteiger partial charge in [0.25, 0.3) is 0 Å². The zero-order valence-electron chi connectivity index (χ0n) is 10.7. The molecule has 0 aliphatic rings. The first-order chi connectivity index (χ1) is 7.45. The number of amidine groups is 1. The predicted molar refractivity (Wildman–Crippen MR) is 70.6 cm³/mol. The molecular formula is C14H22N2. The molecule has 0 fully saturated rings. The summed E-state index contributed by atoms with van der Waals surface area (Å²) in [6, 6.07) is 10.5. The molecule has 2 heteroatoms. The fourth-order valence-corrected chi connectivity index (χ4v) is 1.44. The highest BCUT2D eigenvalue weighted by atomic mass is 14.9. The molecule has 0 amide bonds. The van der Waals surface area contributed by atoms with E-state index in [9.17, 15) is 0 Å². The first-order valence-corrected chi connectivity index (χ1v) is 5.84. The van der Waals surface area contributed by atoms with Crippen LogP contribution in [0.4, 0.5) is 0 Å². The second kappa shape index (κ2) is 5.15. The molecule has 2 nitrogen and oxygen atoms in total. The Hall–Kier alpha value is -1.31. The van der Waals surface area contributed by atoms with Crippen LogP contribution in [0.1, 0.15) is 45.7 Å². The van der Waals surface area contributed by atoms with Gasteiger partial charge in [-0.2, -0.15) is 0 Å². The van der Waals surface area contributed by atoms with E-state index in [2.05, 4.69) is 44.8 Å². The molecule has 2 N–H and O–H groups in total. The molecule has 0 saturated carbocycles. The molecule has 0 aliphatic carbocycles. The van der Waals surface area contributed by atoms with Gasteiger partial charge in [-0.05, 0) is 12.0 Å². The lowest BCUT2D eigenvalue weighted by Gasteiger charge is -2.20. The average Bonchev–Trinajstić information content (AvgIpc) is 2.25. The van der Waals surface area contributed by atoms with Gasteiger partial charge in [-0.1, -0.05) is 58.0 Å². The van der Waals surface area contributed by atoms with E-state index in [1.165, 1.54) is 5.56 Å². The van der Waals surface area contributed by atoms with Gasteiger partial charge in [-0.3, -0.25) is 4.99 Å². The topological polar surface area (TPSA) is 38.4 Å². The highest BCUT2D eigenvalue weighted by molar-refractivity contribution is 5.85. The molecule has 0 spiro atoms. The van der Waals surface area contributed by atoms with Crippen LogP contribution in [-0.2, 0) is 0 Å². The van der Waals surface area contributed by atoms with Crippen molar-refractivity contribution < 1.29 is 0 Å². The number of hydrogen-bond donors (Lipinski definition) is 1. The summed E-state index contributed by atoms with van der Waals surface area (Å²) < 4.78 is 0. The molecule has 1 atom stereocenters. The first-order valence-electron chi connectivity index (χ1n) is 5.84. The molecular weight excluding hydrogens is 196 g/mol. The fourth-order valence-electron chi connectivity index (χ4n) is 1.44. The third kappa shape index (κ3) is 3.37. The zero-order chi connectivity index (χ0) is 12.2. The second-order valence-electron chi connectivity index (χ2n) is 5.10. The van der Waals surface area contributed by atoms with Gasteiger partial charge in [0.1, 0.15) is 0 Å². The molecule has 1 aromatic carbocycles. The van der Waals surface area contributed by atoms with Crippen LogP contribution in [0.3, 0.4) is 0 Å². The van der Waals surface area contributed by atoms with Crippen molar-refractivity contribution in [2.45, 2.75) is 40.2 Å². The molecule has 0 saturated heterocycles. The molecule has 0 aromatic heterocycles. The van der Waals surface area contributed by atoms with Gasteiger partial charge < -0.3 is 5.73 Å². The van der Waals surface area contributed by atoms with Crippen LogP contribution in [-0.4, -0.2) is 5.84 Å². The summed E-state index contributed by atoms with van der Waals surface area (Å²) in [6.45, 7) is 8.40. The number of rotatable bonds is 3. The van der Waals surface area contributed by atoms with Crippen molar-refractivity contribution in [1.82, 2.24) is 0 Å². The van der Waals surface area contributed by atoms with Gasteiger partial charge in [0.05, 0.1) is 11.9 Å². The average molecular weight is 218 g/mol. The Bertz CT molecular complexity index is 347. The smallest absolute Gasteiger partial charge is 0.0998 e. The lowest BCUT2D eigenvalue weighted by Crippen LogP contribution is -2.29. The Morgan fingerprint density at radius 2 is 1.81 bits per heavy atom. The van der Waals surface area contributed by atoms with Crippen molar-refractivity contribution in [3.63, 3.8) is 0 Å². The summed E-state index contributed by atoms with van der Waals surface area (Å²) in [5.74, 6) is 0.725. The largest absolute Gasteiger partial charge is 0.387 e. The van der Waals surface area contributed by atoms with E-state index in [1.807, 2.05) is 18.2 Å². The molecule has 0 heterocycles. The monoisotopic (exact) mass is 218 g/mol. The third-order valence-electron chi connectivity index (χ3n) is 2.63. The Kier molecular flexibility index (Phi) is 4.11. The summed E-state index contributed by atoms with van der Waals surface area (Å²) in [5.41, 5.74) is 7.19. The molecule has 0 bridgehead atoms. The lowest BCUT2D eigenvalue weighted by molar-refractivity contribution is 0.569. The summed E-state index contributed by atoms with van der Waals surface area (Å²) >= 11 is 0. The van der Waals surface area contributed by atoms with Crippen molar-refractivity contribution in [3.05, 3.63) is 35.9 Å². The lowest BCUT2D eigenvalue weighted by atomic mass is 9.94. The van der Waals surface area contributed by atoms with E-state index in [0.717, 1.165) is 12.3 Å². The summed E-state index contributed by atoms with van der Waals surface area (Å²) in [7, 11) is 0. The minimum absolute atomic E-state index is 0.0534. The molecule has 0 aliphatic heterocycles. The van der Waals surface area contributed by atoms with E-state index in [0.29, 0.717) is 0 Å². The predicted octanol–water partition coefficient (Wildman–Crippen LogP) is 3.54. The maximum atomic E-state index is 6.01. The van der Waals surface area contributed by atoms with Crippen molar-refractivity contribution in [2.24, 2.45) is 16.1 Å². The molecule has 1 unspecified atom stereocenters. The Morgan fingerprint density at radius 1 is 1.25 bits per heavy atom. The SMILES string of the molecule is CCC(N=C(N)C(C)(C)C)c1ccccc1.